The lowest BCUT2D eigenvalue weighted by atomic mass is 15.9. The van der Waals surface area contributed by atoms with Crippen LogP contribution in [0.1, 0.15) is 0 Å². The van der Waals surface area contributed by atoms with Crippen LogP contribution in [0, 0.1) is 0 Å². The van der Waals surface area contributed by atoms with Crippen LogP contribution in [0.2, 0.25) is 0 Å². The number of hydrogen-bond acceptors (Lipinski definition) is 1. The molecule has 0 radical (unpaired) electrons. The van der Waals surface area contributed by atoms with Gasteiger partial charge >= 0.3 is 0 Å². The molecule has 1 N–H and O–H groups in total. The van der Waals surface area contributed by atoms with Crippen LogP contribution in [0.5, 0.6) is 0 Å². The van der Waals surface area contributed by atoms with Crippen LogP contribution in [0.15, 0.2) is 0 Å². The smallest absolute Gasteiger partial charge is 0.102 e. The summed E-state index contributed by atoms with van der Waals surface area (Å²) in [5, 5.41) is 0. The zero-order chi connectivity index (χ0) is 5.21. The van der Waals surface area contributed by atoms with E-state index in [-0.39, 0.29) is 0 Å². The maximum Gasteiger partial charge on any atom is 0.102 e. The summed E-state index contributed by atoms with van der Waals surface area (Å²) < 4.78 is 12.9. The van der Waals surface area contributed by atoms with Gasteiger partial charge in [-0.3, -0.25) is 0 Å². The van der Waals surface area contributed by atoms with Crippen molar-refractivity contribution in [3.63, 3.8) is 0 Å². The second-order valence-corrected chi connectivity index (χ2v) is 4.10. The van der Waals surface area contributed by atoms with Crippen molar-refractivity contribution in [3.8, 4) is 0 Å². The Morgan fingerprint density at radius 1 is 2.75 bits per heavy atom. The average Bonchev–Trinajstić information content (AvgIpc) is 1.35. The first-order valence-corrected chi connectivity index (χ1v) is 4.26. The summed E-state index contributed by atoms with van der Waals surface area (Å²) in [6.07, 6.45) is 0. The van der Waals surface area contributed by atoms with Crippen molar-refractivity contribution in [3.05, 3.63) is 0 Å². The largest absolute Gasteiger partial charge is 0.365 e. The van der Waals surface area contributed by atoms with Crippen LogP contribution in [-0.4, -0.2) is 7.45 Å². The van der Waals surface area contributed by atoms with Gasteiger partial charge in [-0.15, -0.1) is 0 Å². The lowest BCUT2D eigenvalue weighted by Crippen LogP contribution is -1.18. The number of rotatable bonds is 1. The van der Waals surface area contributed by atoms with Crippen molar-refractivity contribution in [1.82, 2.24) is 0 Å². The van der Waals surface area contributed by atoms with Gasteiger partial charge < -0.3 is 4.89 Å². The summed E-state index contributed by atoms with van der Waals surface area (Å²) in [7, 11) is -0.535. The van der Waals surface area contributed by atoms with E-state index in [1.165, 1.54) is 0 Å². The summed E-state index contributed by atoms with van der Waals surface area (Å²) in [5.74, 6) is 0. The Labute approximate surface area is 35.6 Å². The van der Waals surface area contributed by atoms with Gasteiger partial charge in [0.05, 0.1) is 7.84 Å². The minimum atomic E-state index is -2.87. The van der Waals surface area contributed by atoms with Gasteiger partial charge in [-0.2, -0.15) is 0 Å². The Balaban J connectivity index is 3.48. The van der Waals surface area contributed by atoms with Crippen molar-refractivity contribution in [2.75, 3.05) is 0 Å². The topological polar surface area (TPSA) is 20.2 Å². The molecule has 1 nitrogen and oxygen atoms in total. The van der Waals surface area contributed by atoms with Crippen molar-refractivity contribution >= 4 is 27.2 Å². The van der Waals surface area contributed by atoms with Crippen molar-refractivity contribution < 1.29 is 4.89 Å². The maximum atomic E-state index is 8.24. The molecule has 2 unspecified atom stereocenters. The third kappa shape index (κ3) is 11.7. The van der Waals surface area contributed by atoms with Gasteiger partial charge in [0.1, 0.15) is 1.28 Å². The second kappa shape index (κ2) is 2.29. The SMILES string of the molecule is [3H]PP([3H])(O)=S. The van der Waals surface area contributed by atoms with Crippen LogP contribution < -0.4 is 0 Å². The molecule has 2 atom stereocenters. The van der Waals surface area contributed by atoms with E-state index in [2.05, 4.69) is 11.8 Å². The predicted octanol–water partition coefficient (Wildman–Crippen LogP) is 0.360. The fourth-order valence-electron chi connectivity index (χ4n) is 0. The third-order valence-corrected chi connectivity index (χ3v) is 0. The molecule has 0 heterocycles. The molecule has 4 heavy (non-hydrogen) atoms. The molecular weight excluding hydrogens is 110 g/mol. The highest BCUT2D eigenvalue weighted by Gasteiger charge is 1.53. The molecule has 0 amide bonds. The first-order chi connectivity index (χ1) is 2.56. The molecule has 0 aliphatic rings. The molecule has 0 bridgehead atoms. The summed E-state index contributed by atoms with van der Waals surface area (Å²) in [6.45, 7) is -2.87. The molecule has 4 heteroatoms. The Bertz CT molecular complexity index is 75.6. The van der Waals surface area contributed by atoms with Crippen LogP contribution in [0.4, 0.5) is 0 Å². The standard InChI is InChI=1S/H4OP2S/c1-3(2)4/h3H,2H2,(H,1,4)/i2T,3T. The second-order valence-electron chi connectivity index (χ2n) is 0.273. The van der Waals surface area contributed by atoms with E-state index < -0.39 is 15.4 Å². The van der Waals surface area contributed by atoms with Crippen LogP contribution in [0.3, 0.4) is 0 Å². The molecule has 0 fully saturated rings. The van der Waals surface area contributed by atoms with Crippen LogP contribution in [0.25, 0.3) is 0 Å². The highest BCUT2D eigenvalue weighted by atomic mass is 32.6. The Morgan fingerprint density at radius 3 is 3.00 bits per heavy atom. The van der Waals surface area contributed by atoms with Gasteiger partial charge in [-0.05, 0) is 0 Å². The first kappa shape index (κ1) is 2.25. The van der Waals surface area contributed by atoms with Crippen LogP contribution >= 0.6 is 15.4 Å². The lowest BCUT2D eigenvalue weighted by Gasteiger charge is -1.66. The van der Waals surface area contributed by atoms with E-state index >= 15 is 0 Å². The van der Waals surface area contributed by atoms with Gasteiger partial charge in [0.2, 0.25) is 0 Å². The fourth-order valence-corrected chi connectivity index (χ4v) is 0. The molecule has 0 saturated carbocycles. The molecule has 0 aromatic carbocycles. The van der Waals surface area contributed by atoms with E-state index in [1.54, 1.807) is 0 Å². The third-order valence-electron chi connectivity index (χ3n) is 0. The number of hydrogen-bond donors (Lipinski definition) is 1. The summed E-state index contributed by atoms with van der Waals surface area (Å²) >= 11 is 4.14. The minimum absolute atomic E-state index is 0.535. The zero-order valence-electron chi connectivity index (χ0n) is 3.80. The molecule has 0 aromatic heterocycles. The minimum Gasteiger partial charge on any atom is -0.365 e. The van der Waals surface area contributed by atoms with Crippen molar-refractivity contribution in [1.29, 1.82) is 2.56 Å². The monoisotopic (exact) mass is 118 g/mol. The zero-order valence-corrected chi connectivity index (χ0v) is 4.51. The van der Waals surface area contributed by atoms with Gasteiger partial charge in [-0.1, -0.05) is 20.7 Å². The van der Waals surface area contributed by atoms with E-state index in [1.807, 2.05) is 0 Å². The van der Waals surface area contributed by atoms with Crippen molar-refractivity contribution in [2.45, 2.75) is 0 Å². The summed E-state index contributed by atoms with van der Waals surface area (Å²) in [6, 6.07) is 0. The van der Waals surface area contributed by atoms with Gasteiger partial charge in [0.15, 0.2) is 0 Å². The molecule has 0 aliphatic heterocycles. The molecular formula is H4OP2S. The molecule has 0 saturated heterocycles. The average molecular weight is 118 g/mol. The van der Waals surface area contributed by atoms with E-state index in [0.717, 1.165) is 0 Å². The molecule has 26 valence electrons. The van der Waals surface area contributed by atoms with Crippen molar-refractivity contribution in [2.24, 2.45) is 0 Å². The first-order valence-electron chi connectivity index (χ1n) is 1.55. The van der Waals surface area contributed by atoms with E-state index in [9.17, 15) is 0 Å². The van der Waals surface area contributed by atoms with Gasteiger partial charge in [0, 0.05) is 0 Å². The summed E-state index contributed by atoms with van der Waals surface area (Å²) in [5.41, 5.74) is 0. The maximum absolute atomic E-state index is 8.24. The highest BCUT2D eigenvalue weighted by Crippen LogP contribution is 2.22. The Kier molecular flexibility index (Phi) is 1.29. The molecule has 0 aliphatic carbocycles. The van der Waals surface area contributed by atoms with Gasteiger partial charge in [0.25, 0.3) is 0 Å². The normalized spacial score (nSPS) is 33.2. The summed E-state index contributed by atoms with van der Waals surface area (Å²) in [4.78, 5) is 8.24. The van der Waals surface area contributed by atoms with E-state index in [4.69, 9.17) is 7.45 Å². The quantitative estimate of drug-likeness (QED) is 0.501. The molecule has 0 spiro atoms. The lowest BCUT2D eigenvalue weighted by molar-refractivity contribution is 0.658. The predicted molar refractivity (Wildman–Crippen MR) is 27.6 cm³/mol. The molecule has 0 aromatic rings. The molecule has 0 rings (SSSR count). The van der Waals surface area contributed by atoms with E-state index in [0.29, 0.717) is 0 Å². The Morgan fingerprint density at radius 2 is 3.00 bits per heavy atom. The van der Waals surface area contributed by atoms with Gasteiger partial charge in [-0.25, -0.2) is 0 Å². The van der Waals surface area contributed by atoms with Crippen LogP contribution in [-0.2, 0) is 11.8 Å². The highest BCUT2D eigenvalue weighted by molar-refractivity contribution is 8.31. The fraction of sp³-hybridized carbons (Fsp3) is 0. The Hall–Kier alpha value is 1.04.